The molecule has 0 saturated carbocycles. The van der Waals surface area contributed by atoms with Gasteiger partial charge in [0.2, 0.25) is 0 Å². The van der Waals surface area contributed by atoms with Crippen LogP contribution in [0.5, 0.6) is 0 Å². The fourth-order valence-corrected chi connectivity index (χ4v) is 7.34. The van der Waals surface area contributed by atoms with Gasteiger partial charge in [-0.05, 0) is 83.8 Å². The molecule has 3 aromatic heterocycles. The van der Waals surface area contributed by atoms with Gasteiger partial charge in [-0.3, -0.25) is 9.55 Å². The van der Waals surface area contributed by atoms with Crippen LogP contribution >= 0.6 is 11.3 Å². The largest absolute Gasteiger partial charge is 0.290 e. The van der Waals surface area contributed by atoms with E-state index in [2.05, 4.69) is 80.8 Å². The molecule has 0 aliphatic carbocycles. The maximum absolute atomic E-state index is 8.38. The van der Waals surface area contributed by atoms with E-state index >= 15 is 0 Å². The van der Waals surface area contributed by atoms with E-state index < -0.39 is 6.85 Å². The second kappa shape index (κ2) is 10.2. The zero-order valence-corrected chi connectivity index (χ0v) is 25.4. The van der Waals surface area contributed by atoms with Gasteiger partial charge in [-0.1, -0.05) is 82.3 Å². The molecule has 42 heavy (non-hydrogen) atoms. The smallest absolute Gasteiger partial charge is 0.147 e. The van der Waals surface area contributed by atoms with E-state index in [1.807, 2.05) is 43.5 Å². The number of imidazole rings is 1. The van der Waals surface area contributed by atoms with Gasteiger partial charge < -0.3 is 0 Å². The minimum absolute atomic E-state index is 0.229. The first-order chi connectivity index (χ1) is 21.5. The lowest BCUT2D eigenvalue weighted by molar-refractivity contribution is 0.811. The Hall–Kier alpha value is -4.28. The average molecular weight is 569 g/mol. The van der Waals surface area contributed by atoms with E-state index in [1.54, 1.807) is 17.4 Å². The third-order valence-corrected chi connectivity index (χ3v) is 9.39. The Kier molecular flexibility index (Phi) is 5.67. The molecular weight excluding hydrogens is 531 g/mol. The minimum Gasteiger partial charge on any atom is -0.290 e. The van der Waals surface area contributed by atoms with Crippen LogP contribution < -0.4 is 0 Å². The zero-order valence-electron chi connectivity index (χ0n) is 27.6. The number of pyridine rings is 1. The lowest BCUT2D eigenvalue weighted by atomic mass is 9.88. The predicted molar refractivity (Wildman–Crippen MR) is 180 cm³/mol. The first-order valence-electron chi connectivity index (χ1n) is 16.1. The number of hydrogen-bond acceptors (Lipinski definition) is 3. The van der Waals surface area contributed by atoms with Crippen LogP contribution in [0.4, 0.5) is 0 Å². The quantitative estimate of drug-likeness (QED) is 0.207. The van der Waals surface area contributed by atoms with Crippen LogP contribution in [0.15, 0.2) is 91.1 Å². The van der Waals surface area contributed by atoms with Gasteiger partial charge in [-0.2, -0.15) is 0 Å². The van der Waals surface area contributed by atoms with Crippen molar-refractivity contribution in [3.05, 3.63) is 114 Å². The summed E-state index contributed by atoms with van der Waals surface area (Å²) in [5.41, 5.74) is 9.95. The van der Waals surface area contributed by atoms with Crippen molar-refractivity contribution in [3.8, 4) is 28.2 Å². The number of thiophene rings is 1. The first-order valence-corrected chi connectivity index (χ1v) is 15.4. The molecule has 0 radical (unpaired) electrons. The highest BCUT2D eigenvalue weighted by atomic mass is 32.1. The van der Waals surface area contributed by atoms with Crippen LogP contribution in [0, 0.1) is 13.8 Å². The van der Waals surface area contributed by atoms with E-state index in [1.165, 1.54) is 22.3 Å². The van der Waals surface area contributed by atoms with Crippen LogP contribution in [0.3, 0.4) is 0 Å². The van der Waals surface area contributed by atoms with Gasteiger partial charge in [0.05, 0.1) is 22.9 Å². The third kappa shape index (κ3) is 4.24. The number of aromatic nitrogens is 3. The van der Waals surface area contributed by atoms with Crippen LogP contribution in [0.1, 0.15) is 66.0 Å². The standard InChI is InChI=1S/C38H35N3S/c1-22(2)30-19-27(26-12-8-7-9-13-26)20-31(23(3)4)36(30)41-33-21-39-25(6)18-32(33)40-38(41)29-17-16-24(5)35-28-14-10-11-15-34(28)42-37(29)35/h7-23H,1-6H3/i5D3. The monoisotopic (exact) mass is 568 g/mol. The van der Waals surface area contributed by atoms with Crippen molar-refractivity contribution in [1.29, 1.82) is 0 Å². The minimum atomic E-state index is -2.25. The van der Waals surface area contributed by atoms with Crippen molar-refractivity contribution in [2.45, 2.75) is 53.3 Å². The molecule has 208 valence electrons. The molecule has 0 fully saturated rings. The SMILES string of the molecule is [2H]C([2H])([2H])c1ccc(-c2nc3cc(C)ncc3n2-c2c(C(C)C)cc(-c3ccccc3)cc2C(C)C)c2sc3ccccc3c12. The molecule has 0 unspecified atom stereocenters. The lowest BCUT2D eigenvalue weighted by Gasteiger charge is -2.24. The van der Waals surface area contributed by atoms with Crippen molar-refractivity contribution in [1.82, 2.24) is 14.5 Å². The molecule has 7 rings (SSSR count). The van der Waals surface area contributed by atoms with Crippen LogP contribution in [0.2, 0.25) is 0 Å². The highest BCUT2D eigenvalue weighted by molar-refractivity contribution is 7.26. The summed E-state index contributed by atoms with van der Waals surface area (Å²) in [6.07, 6.45) is 1.93. The van der Waals surface area contributed by atoms with Crippen molar-refractivity contribution in [2.24, 2.45) is 0 Å². The number of nitrogens with zero attached hydrogens (tertiary/aromatic N) is 3. The molecule has 0 bridgehead atoms. The molecule has 0 saturated heterocycles. The van der Waals surface area contributed by atoms with Gasteiger partial charge in [0, 0.05) is 35.5 Å². The molecule has 0 aliphatic heterocycles. The van der Waals surface area contributed by atoms with Gasteiger partial charge in [-0.25, -0.2) is 4.98 Å². The van der Waals surface area contributed by atoms with Gasteiger partial charge >= 0.3 is 0 Å². The fourth-order valence-electron chi connectivity index (χ4n) is 6.11. The molecule has 0 spiro atoms. The summed E-state index contributed by atoms with van der Waals surface area (Å²) >= 11 is 1.63. The topological polar surface area (TPSA) is 30.7 Å². The van der Waals surface area contributed by atoms with Gasteiger partial charge in [0.1, 0.15) is 5.82 Å². The van der Waals surface area contributed by atoms with Gasteiger partial charge in [0.15, 0.2) is 0 Å². The number of aryl methyl sites for hydroxylation is 2. The van der Waals surface area contributed by atoms with Crippen molar-refractivity contribution < 1.29 is 4.11 Å². The second-order valence-corrected chi connectivity index (χ2v) is 12.8. The third-order valence-electron chi connectivity index (χ3n) is 8.19. The highest BCUT2D eigenvalue weighted by Gasteiger charge is 2.25. The summed E-state index contributed by atoms with van der Waals surface area (Å²) in [7, 11) is 0. The van der Waals surface area contributed by atoms with Crippen LogP contribution in [-0.4, -0.2) is 14.5 Å². The summed E-state index contributed by atoms with van der Waals surface area (Å²) in [5.74, 6) is 1.25. The van der Waals surface area contributed by atoms with Gasteiger partial charge in [0.25, 0.3) is 0 Å². The van der Waals surface area contributed by atoms with Crippen LogP contribution in [0.25, 0.3) is 59.4 Å². The molecule has 4 heteroatoms. The molecule has 0 amide bonds. The summed E-state index contributed by atoms with van der Waals surface area (Å²) in [4.78, 5) is 10.0. The second-order valence-electron chi connectivity index (χ2n) is 11.7. The summed E-state index contributed by atoms with van der Waals surface area (Å²) < 4.78 is 29.4. The van der Waals surface area contributed by atoms with E-state index in [0.717, 1.165) is 54.0 Å². The maximum atomic E-state index is 8.38. The van der Waals surface area contributed by atoms with E-state index in [-0.39, 0.29) is 11.8 Å². The van der Waals surface area contributed by atoms with E-state index in [0.29, 0.717) is 5.56 Å². The molecule has 3 heterocycles. The van der Waals surface area contributed by atoms with Crippen LogP contribution in [-0.2, 0) is 0 Å². The summed E-state index contributed by atoms with van der Waals surface area (Å²) in [5, 5.41) is 1.75. The number of rotatable bonds is 5. The fraction of sp³-hybridized carbons (Fsp3) is 0.211. The molecule has 7 aromatic rings. The Bertz CT molecular complexity index is 2190. The van der Waals surface area contributed by atoms with E-state index in [9.17, 15) is 0 Å². The summed E-state index contributed by atoms with van der Waals surface area (Å²) in [6, 6.07) is 29.1. The van der Waals surface area contributed by atoms with Crippen molar-refractivity contribution >= 4 is 42.5 Å². The summed E-state index contributed by atoms with van der Waals surface area (Å²) in [6.45, 7) is 8.72. The van der Waals surface area contributed by atoms with Crippen molar-refractivity contribution in [2.75, 3.05) is 0 Å². The Morgan fingerprint density at radius 3 is 2.24 bits per heavy atom. The Morgan fingerprint density at radius 1 is 0.810 bits per heavy atom. The first kappa shape index (κ1) is 23.3. The molecule has 4 aromatic carbocycles. The number of hydrogen-bond donors (Lipinski definition) is 0. The Labute approximate surface area is 255 Å². The van der Waals surface area contributed by atoms with E-state index in [4.69, 9.17) is 14.1 Å². The number of benzene rings is 4. The molecule has 3 nitrogen and oxygen atoms in total. The van der Waals surface area contributed by atoms with Gasteiger partial charge in [-0.15, -0.1) is 11.3 Å². The molecule has 0 atom stereocenters. The van der Waals surface area contributed by atoms with Crippen molar-refractivity contribution in [3.63, 3.8) is 0 Å². The molecule has 0 N–H and O–H groups in total. The lowest BCUT2D eigenvalue weighted by Crippen LogP contribution is -2.09. The number of fused-ring (bicyclic) bond motifs is 4. The highest BCUT2D eigenvalue weighted by Crippen LogP contribution is 2.44. The Balaban J connectivity index is 1.62. The zero-order chi connectivity index (χ0) is 31.6. The molecule has 0 aliphatic rings. The maximum Gasteiger partial charge on any atom is 0.147 e. The molecular formula is C38H35N3S. The average Bonchev–Trinajstić information content (AvgIpc) is 3.58. The normalized spacial score (nSPS) is 13.4. The predicted octanol–water partition coefficient (Wildman–Crippen LogP) is 11.0. The Morgan fingerprint density at radius 2 is 1.52 bits per heavy atom.